The van der Waals surface area contributed by atoms with Gasteiger partial charge in [-0.2, -0.15) is 0 Å². The molecule has 21 heavy (non-hydrogen) atoms. The first-order valence-electron chi connectivity index (χ1n) is 6.17. The number of halogens is 2. The van der Waals surface area contributed by atoms with E-state index < -0.39 is 11.2 Å². The average molecular weight is 368 g/mol. The molecule has 5 heteroatoms. The van der Waals surface area contributed by atoms with Crippen LogP contribution in [0.25, 0.3) is 0 Å². The first-order chi connectivity index (χ1) is 9.88. The fourth-order valence-electron chi connectivity index (χ4n) is 1.96. The van der Waals surface area contributed by atoms with Gasteiger partial charge in [0.2, 0.25) is 0 Å². The molecule has 108 valence electrons. The van der Waals surface area contributed by atoms with Crippen LogP contribution in [0.5, 0.6) is 5.75 Å². The third-order valence-corrected chi connectivity index (χ3v) is 3.71. The Kier molecular flexibility index (Phi) is 4.80. The Hall–Kier alpha value is -1.65. The van der Waals surface area contributed by atoms with E-state index in [0.717, 1.165) is 4.47 Å². The minimum Gasteiger partial charge on any atom is -0.422 e. The molecule has 0 atom stereocenters. The standard InChI is InChI=1S/C16H12BrClO3/c1-9-7-12(15(18)19)8-10(2)14(9)21-16(20)11-3-5-13(17)6-4-11/h3-8H,1-2H3. The van der Waals surface area contributed by atoms with Crippen molar-refractivity contribution in [3.63, 3.8) is 0 Å². The molecule has 0 amide bonds. The molecule has 0 bridgehead atoms. The maximum absolute atomic E-state index is 12.1. The molecular weight excluding hydrogens is 356 g/mol. The number of esters is 1. The molecule has 2 aromatic rings. The van der Waals surface area contributed by atoms with Gasteiger partial charge in [-0.1, -0.05) is 15.9 Å². The fourth-order valence-corrected chi connectivity index (χ4v) is 2.34. The highest BCUT2D eigenvalue weighted by atomic mass is 79.9. The summed E-state index contributed by atoms with van der Waals surface area (Å²) in [5.41, 5.74) is 2.21. The minimum atomic E-state index is -0.535. The second-order valence-corrected chi connectivity index (χ2v) is 5.87. The van der Waals surface area contributed by atoms with Gasteiger partial charge in [0.05, 0.1) is 5.56 Å². The SMILES string of the molecule is Cc1cc(C(=O)Cl)cc(C)c1OC(=O)c1ccc(Br)cc1. The van der Waals surface area contributed by atoms with Crippen LogP contribution >= 0.6 is 27.5 Å². The normalized spacial score (nSPS) is 10.3. The monoisotopic (exact) mass is 366 g/mol. The highest BCUT2D eigenvalue weighted by molar-refractivity contribution is 9.10. The average Bonchev–Trinajstić information content (AvgIpc) is 2.43. The summed E-state index contributed by atoms with van der Waals surface area (Å²) < 4.78 is 6.31. The summed E-state index contributed by atoms with van der Waals surface area (Å²) in [7, 11) is 0. The van der Waals surface area contributed by atoms with Gasteiger partial charge >= 0.3 is 5.97 Å². The molecule has 0 aliphatic carbocycles. The largest absolute Gasteiger partial charge is 0.422 e. The summed E-state index contributed by atoms with van der Waals surface area (Å²) in [5.74, 6) is 0.00300. The number of carbonyl (C=O) groups excluding carboxylic acids is 2. The van der Waals surface area contributed by atoms with E-state index in [1.54, 1.807) is 50.2 Å². The maximum atomic E-state index is 12.1. The van der Waals surface area contributed by atoms with Crippen LogP contribution in [-0.2, 0) is 0 Å². The van der Waals surface area contributed by atoms with Crippen LogP contribution in [0.2, 0.25) is 0 Å². The molecule has 0 aromatic heterocycles. The lowest BCUT2D eigenvalue weighted by Gasteiger charge is -2.11. The lowest BCUT2D eigenvalue weighted by atomic mass is 10.1. The van der Waals surface area contributed by atoms with E-state index >= 15 is 0 Å². The molecule has 0 saturated carbocycles. The smallest absolute Gasteiger partial charge is 0.343 e. The molecule has 0 unspecified atom stereocenters. The van der Waals surface area contributed by atoms with Gasteiger partial charge in [-0.15, -0.1) is 0 Å². The predicted molar refractivity (Wildman–Crippen MR) is 85.2 cm³/mol. The molecule has 2 aromatic carbocycles. The summed E-state index contributed by atoms with van der Waals surface area (Å²) in [5, 5.41) is -0.535. The van der Waals surface area contributed by atoms with Crippen molar-refractivity contribution in [2.75, 3.05) is 0 Å². The van der Waals surface area contributed by atoms with Gasteiger partial charge in [0.1, 0.15) is 5.75 Å². The first-order valence-corrected chi connectivity index (χ1v) is 7.34. The second kappa shape index (κ2) is 6.41. The van der Waals surface area contributed by atoms with Crippen molar-refractivity contribution in [2.24, 2.45) is 0 Å². The molecule has 0 N–H and O–H groups in total. The Morgan fingerprint density at radius 3 is 2.00 bits per heavy atom. The van der Waals surface area contributed by atoms with E-state index in [0.29, 0.717) is 28.0 Å². The van der Waals surface area contributed by atoms with E-state index in [1.165, 1.54) is 0 Å². The van der Waals surface area contributed by atoms with Crippen LogP contribution in [-0.4, -0.2) is 11.2 Å². The van der Waals surface area contributed by atoms with Crippen molar-refractivity contribution in [1.29, 1.82) is 0 Å². The molecule has 0 heterocycles. The first kappa shape index (κ1) is 15.7. The van der Waals surface area contributed by atoms with Crippen molar-refractivity contribution in [3.05, 3.63) is 63.1 Å². The van der Waals surface area contributed by atoms with Crippen LogP contribution in [0, 0.1) is 13.8 Å². The van der Waals surface area contributed by atoms with Gasteiger partial charge < -0.3 is 4.74 Å². The second-order valence-electron chi connectivity index (χ2n) is 4.61. The molecule has 0 spiro atoms. The number of aryl methyl sites for hydroxylation is 2. The number of ether oxygens (including phenoxy) is 1. The Bertz CT molecular complexity index is 685. The number of hydrogen-bond acceptors (Lipinski definition) is 3. The Labute approximate surface area is 136 Å². The summed E-state index contributed by atoms with van der Waals surface area (Å²) >= 11 is 8.77. The zero-order valence-electron chi connectivity index (χ0n) is 11.4. The topological polar surface area (TPSA) is 43.4 Å². The predicted octanol–water partition coefficient (Wildman–Crippen LogP) is 4.66. The number of hydrogen-bond donors (Lipinski definition) is 0. The summed E-state index contributed by atoms with van der Waals surface area (Å²) in [6.07, 6.45) is 0. The van der Waals surface area contributed by atoms with Gasteiger partial charge in [0.15, 0.2) is 0 Å². The molecule has 0 radical (unpaired) electrons. The van der Waals surface area contributed by atoms with Gasteiger partial charge in [-0.3, -0.25) is 4.79 Å². The van der Waals surface area contributed by atoms with Gasteiger partial charge in [-0.25, -0.2) is 4.79 Å². The van der Waals surface area contributed by atoms with E-state index in [1.807, 2.05) is 0 Å². The highest BCUT2D eigenvalue weighted by Gasteiger charge is 2.14. The van der Waals surface area contributed by atoms with Gasteiger partial charge in [0, 0.05) is 10.0 Å². The zero-order valence-corrected chi connectivity index (χ0v) is 13.8. The third-order valence-electron chi connectivity index (χ3n) is 2.96. The Balaban J connectivity index is 2.29. The molecule has 0 aliphatic heterocycles. The molecule has 0 aliphatic rings. The van der Waals surface area contributed by atoms with Crippen LogP contribution < -0.4 is 4.74 Å². The van der Waals surface area contributed by atoms with Crippen LogP contribution in [0.1, 0.15) is 31.8 Å². The molecule has 0 fully saturated rings. The van der Waals surface area contributed by atoms with Crippen LogP contribution in [0.15, 0.2) is 40.9 Å². The van der Waals surface area contributed by atoms with Crippen molar-refractivity contribution >= 4 is 38.7 Å². The van der Waals surface area contributed by atoms with Crippen LogP contribution in [0.4, 0.5) is 0 Å². The third kappa shape index (κ3) is 3.71. The van der Waals surface area contributed by atoms with E-state index in [4.69, 9.17) is 16.3 Å². The molecule has 0 saturated heterocycles. The quantitative estimate of drug-likeness (QED) is 0.450. The summed E-state index contributed by atoms with van der Waals surface area (Å²) in [6.45, 7) is 3.53. The van der Waals surface area contributed by atoms with Crippen molar-refractivity contribution in [3.8, 4) is 5.75 Å². The maximum Gasteiger partial charge on any atom is 0.343 e. The molecule has 2 rings (SSSR count). The van der Waals surface area contributed by atoms with Crippen molar-refractivity contribution < 1.29 is 14.3 Å². The molecular formula is C16H12BrClO3. The molecule has 3 nitrogen and oxygen atoms in total. The van der Waals surface area contributed by atoms with E-state index in [9.17, 15) is 9.59 Å². The fraction of sp³-hybridized carbons (Fsp3) is 0.125. The van der Waals surface area contributed by atoms with Crippen molar-refractivity contribution in [1.82, 2.24) is 0 Å². The number of carbonyl (C=O) groups is 2. The van der Waals surface area contributed by atoms with Gasteiger partial charge in [-0.05, 0) is 73.0 Å². The zero-order chi connectivity index (χ0) is 15.6. The van der Waals surface area contributed by atoms with E-state index in [2.05, 4.69) is 15.9 Å². The number of benzene rings is 2. The lowest BCUT2D eigenvalue weighted by Crippen LogP contribution is -2.10. The highest BCUT2D eigenvalue weighted by Crippen LogP contribution is 2.26. The summed E-state index contributed by atoms with van der Waals surface area (Å²) in [6, 6.07) is 10.1. The Morgan fingerprint density at radius 2 is 1.52 bits per heavy atom. The minimum absolute atomic E-state index is 0.384. The van der Waals surface area contributed by atoms with Gasteiger partial charge in [0.25, 0.3) is 5.24 Å². The summed E-state index contributed by atoms with van der Waals surface area (Å²) in [4.78, 5) is 23.3. The lowest BCUT2D eigenvalue weighted by molar-refractivity contribution is 0.0732. The number of rotatable bonds is 3. The van der Waals surface area contributed by atoms with Crippen LogP contribution in [0.3, 0.4) is 0 Å². The Morgan fingerprint density at radius 1 is 1.00 bits per heavy atom. The van der Waals surface area contributed by atoms with Crippen molar-refractivity contribution in [2.45, 2.75) is 13.8 Å². The van der Waals surface area contributed by atoms with E-state index in [-0.39, 0.29) is 0 Å².